The monoisotopic (exact) mass is 325 g/mol. The zero-order valence-corrected chi connectivity index (χ0v) is 13.4. The first-order valence-electron chi connectivity index (χ1n) is 8.41. The van der Waals surface area contributed by atoms with Gasteiger partial charge >= 0.3 is 0 Å². The van der Waals surface area contributed by atoms with Crippen LogP contribution in [0.3, 0.4) is 0 Å². The number of nitrogens with zero attached hydrogens (tertiary/aromatic N) is 4. The third kappa shape index (κ3) is 2.96. The molecule has 6 heteroatoms. The minimum absolute atomic E-state index is 0.193. The standard InChI is InChI=1S/C18H20FN5/c19-11-13-1-3-15(4-2-13)22-17-5-6-18-21-12-16(24(18)23-17)14-7-9-20-10-8-14/h5-10,12-13,15H,1-4,11H2,(H,22,23)/t13-,15+. The molecule has 3 heterocycles. The van der Waals surface area contributed by atoms with E-state index in [1.807, 2.05) is 35.0 Å². The highest BCUT2D eigenvalue weighted by atomic mass is 19.1. The average Bonchev–Trinajstić information content (AvgIpc) is 3.06. The summed E-state index contributed by atoms with van der Waals surface area (Å²) < 4.78 is 14.6. The summed E-state index contributed by atoms with van der Waals surface area (Å²) >= 11 is 0. The predicted molar refractivity (Wildman–Crippen MR) is 91.6 cm³/mol. The Balaban J connectivity index is 1.57. The molecule has 0 bridgehead atoms. The topological polar surface area (TPSA) is 55.1 Å². The van der Waals surface area contributed by atoms with Crippen molar-refractivity contribution in [1.82, 2.24) is 19.6 Å². The minimum atomic E-state index is -0.193. The van der Waals surface area contributed by atoms with E-state index in [2.05, 4.69) is 15.3 Å². The molecule has 124 valence electrons. The summed E-state index contributed by atoms with van der Waals surface area (Å²) in [6.45, 7) is -0.193. The number of pyridine rings is 1. The number of nitrogens with one attached hydrogen (secondary N) is 1. The highest BCUT2D eigenvalue weighted by Crippen LogP contribution is 2.27. The fourth-order valence-corrected chi connectivity index (χ4v) is 3.34. The number of fused-ring (bicyclic) bond motifs is 1. The second-order valence-corrected chi connectivity index (χ2v) is 6.38. The maximum atomic E-state index is 12.7. The molecule has 1 aliphatic rings. The summed E-state index contributed by atoms with van der Waals surface area (Å²) in [6, 6.07) is 8.19. The van der Waals surface area contributed by atoms with Crippen LogP contribution in [0.25, 0.3) is 16.9 Å². The quantitative estimate of drug-likeness (QED) is 0.794. The molecular weight excluding hydrogens is 305 g/mol. The highest BCUT2D eigenvalue weighted by Gasteiger charge is 2.21. The Morgan fingerprint density at radius 2 is 1.88 bits per heavy atom. The van der Waals surface area contributed by atoms with Gasteiger partial charge in [-0.1, -0.05) is 0 Å². The van der Waals surface area contributed by atoms with Crippen molar-refractivity contribution in [3.8, 4) is 11.3 Å². The van der Waals surface area contributed by atoms with Gasteiger partial charge in [0.25, 0.3) is 0 Å². The van der Waals surface area contributed by atoms with Gasteiger partial charge in [-0.15, -0.1) is 5.10 Å². The number of aromatic nitrogens is 4. The zero-order chi connectivity index (χ0) is 16.4. The summed E-state index contributed by atoms with van der Waals surface area (Å²) in [5, 5.41) is 8.19. The summed E-state index contributed by atoms with van der Waals surface area (Å²) in [4.78, 5) is 8.47. The SMILES string of the molecule is FC[C@H]1CC[C@@H](Nc2ccc3ncc(-c4ccncc4)n3n2)CC1. The van der Waals surface area contributed by atoms with Gasteiger partial charge in [0.15, 0.2) is 5.65 Å². The number of rotatable bonds is 4. The third-order valence-corrected chi connectivity index (χ3v) is 4.76. The van der Waals surface area contributed by atoms with E-state index in [1.54, 1.807) is 12.4 Å². The molecule has 4 rings (SSSR count). The van der Waals surface area contributed by atoms with Gasteiger partial charge in [-0.2, -0.15) is 0 Å². The smallest absolute Gasteiger partial charge is 0.154 e. The molecule has 5 nitrogen and oxygen atoms in total. The van der Waals surface area contributed by atoms with Crippen molar-refractivity contribution in [2.45, 2.75) is 31.7 Å². The van der Waals surface area contributed by atoms with E-state index < -0.39 is 0 Å². The van der Waals surface area contributed by atoms with Crippen LogP contribution < -0.4 is 5.32 Å². The van der Waals surface area contributed by atoms with Crippen LogP contribution in [0.1, 0.15) is 25.7 Å². The third-order valence-electron chi connectivity index (χ3n) is 4.76. The van der Waals surface area contributed by atoms with E-state index in [0.29, 0.717) is 6.04 Å². The predicted octanol–water partition coefficient (Wildman–Crippen LogP) is 3.73. The Labute approximate surface area is 139 Å². The molecule has 1 N–H and O–H groups in total. The van der Waals surface area contributed by atoms with Crippen LogP contribution in [0.15, 0.2) is 42.9 Å². The molecule has 1 aliphatic carbocycles. The maximum absolute atomic E-state index is 12.7. The number of alkyl halides is 1. The maximum Gasteiger partial charge on any atom is 0.154 e. The lowest BCUT2D eigenvalue weighted by Crippen LogP contribution is -2.27. The van der Waals surface area contributed by atoms with Crippen LogP contribution in [-0.2, 0) is 0 Å². The Kier molecular flexibility index (Phi) is 4.11. The van der Waals surface area contributed by atoms with Crippen molar-refractivity contribution in [3.63, 3.8) is 0 Å². The van der Waals surface area contributed by atoms with E-state index in [-0.39, 0.29) is 12.6 Å². The Hall–Kier alpha value is -2.50. The molecule has 0 atom stereocenters. The van der Waals surface area contributed by atoms with E-state index in [1.165, 1.54) is 0 Å². The average molecular weight is 325 g/mol. The molecule has 0 radical (unpaired) electrons. The first-order chi connectivity index (χ1) is 11.8. The van der Waals surface area contributed by atoms with Crippen molar-refractivity contribution in [2.24, 2.45) is 5.92 Å². The number of imidazole rings is 1. The molecule has 0 spiro atoms. The lowest BCUT2D eigenvalue weighted by atomic mass is 9.87. The second-order valence-electron chi connectivity index (χ2n) is 6.38. The summed E-state index contributed by atoms with van der Waals surface area (Å²) in [5.41, 5.74) is 2.79. The van der Waals surface area contributed by atoms with E-state index >= 15 is 0 Å². The number of hydrogen-bond donors (Lipinski definition) is 1. The molecule has 3 aromatic rings. The van der Waals surface area contributed by atoms with Gasteiger partial charge in [-0.3, -0.25) is 9.37 Å². The molecule has 0 saturated heterocycles. The Morgan fingerprint density at radius 1 is 1.08 bits per heavy atom. The van der Waals surface area contributed by atoms with Crippen molar-refractivity contribution in [1.29, 1.82) is 0 Å². The molecule has 1 fully saturated rings. The van der Waals surface area contributed by atoms with Gasteiger partial charge in [0, 0.05) is 24.0 Å². The van der Waals surface area contributed by atoms with Gasteiger partial charge < -0.3 is 5.32 Å². The van der Waals surface area contributed by atoms with Crippen LogP contribution in [0.2, 0.25) is 0 Å². The van der Waals surface area contributed by atoms with E-state index in [9.17, 15) is 4.39 Å². The van der Waals surface area contributed by atoms with Crippen LogP contribution >= 0.6 is 0 Å². The number of anilines is 1. The molecule has 24 heavy (non-hydrogen) atoms. The highest BCUT2D eigenvalue weighted by molar-refractivity contribution is 5.63. The van der Waals surface area contributed by atoms with Gasteiger partial charge in [0.2, 0.25) is 0 Å². The van der Waals surface area contributed by atoms with Crippen molar-refractivity contribution >= 4 is 11.5 Å². The Bertz CT molecular complexity index is 809. The normalized spacial score (nSPS) is 21.0. The van der Waals surface area contributed by atoms with E-state index in [0.717, 1.165) is 48.4 Å². The first kappa shape index (κ1) is 15.1. The van der Waals surface area contributed by atoms with E-state index in [4.69, 9.17) is 5.10 Å². The molecule has 3 aromatic heterocycles. The summed E-state index contributed by atoms with van der Waals surface area (Å²) in [7, 11) is 0. The van der Waals surface area contributed by atoms with Crippen LogP contribution in [0.5, 0.6) is 0 Å². The molecule has 1 saturated carbocycles. The molecule has 0 aromatic carbocycles. The van der Waals surface area contributed by atoms with Crippen LogP contribution in [0.4, 0.5) is 10.2 Å². The van der Waals surface area contributed by atoms with Crippen molar-refractivity contribution in [2.75, 3.05) is 12.0 Å². The van der Waals surface area contributed by atoms with Gasteiger partial charge in [-0.25, -0.2) is 9.50 Å². The largest absolute Gasteiger partial charge is 0.366 e. The summed E-state index contributed by atoms with van der Waals surface area (Å²) in [5.74, 6) is 1.07. The lowest BCUT2D eigenvalue weighted by molar-refractivity contribution is 0.270. The van der Waals surface area contributed by atoms with Crippen LogP contribution in [0, 0.1) is 5.92 Å². The van der Waals surface area contributed by atoms with Gasteiger partial charge in [-0.05, 0) is 55.9 Å². The lowest BCUT2D eigenvalue weighted by Gasteiger charge is -2.27. The molecule has 0 amide bonds. The molecular formula is C18H20FN5. The van der Waals surface area contributed by atoms with Gasteiger partial charge in [0.1, 0.15) is 5.82 Å². The summed E-state index contributed by atoms with van der Waals surface area (Å²) in [6.07, 6.45) is 9.24. The fraction of sp³-hybridized carbons (Fsp3) is 0.389. The number of hydrogen-bond acceptors (Lipinski definition) is 4. The van der Waals surface area contributed by atoms with Crippen molar-refractivity contribution < 1.29 is 4.39 Å². The number of halogens is 1. The zero-order valence-electron chi connectivity index (χ0n) is 13.4. The Morgan fingerprint density at radius 3 is 2.62 bits per heavy atom. The minimum Gasteiger partial charge on any atom is -0.366 e. The second kappa shape index (κ2) is 6.55. The van der Waals surface area contributed by atoms with Crippen molar-refractivity contribution in [3.05, 3.63) is 42.9 Å². The fourth-order valence-electron chi connectivity index (χ4n) is 3.34. The van der Waals surface area contributed by atoms with Crippen LogP contribution in [-0.4, -0.2) is 32.3 Å². The van der Waals surface area contributed by atoms with Gasteiger partial charge in [0.05, 0.1) is 18.6 Å². The molecule has 0 aliphatic heterocycles. The first-order valence-corrected chi connectivity index (χ1v) is 8.41. The molecule has 0 unspecified atom stereocenters.